The molecule has 3 heteroatoms. The second kappa shape index (κ2) is 13.2. The summed E-state index contributed by atoms with van der Waals surface area (Å²) in [4.78, 5) is 0. The first-order chi connectivity index (χ1) is 7.81. The van der Waals surface area contributed by atoms with Gasteiger partial charge in [0.25, 0.3) is 0 Å². The number of rotatable bonds is 12. The summed E-state index contributed by atoms with van der Waals surface area (Å²) in [5.41, 5.74) is 5.87. The molecule has 1 unspecified atom stereocenters. The van der Waals surface area contributed by atoms with E-state index in [1.54, 1.807) is 0 Å². The van der Waals surface area contributed by atoms with Gasteiger partial charge in [-0.1, -0.05) is 51.9 Å². The van der Waals surface area contributed by atoms with Crippen molar-refractivity contribution in [3.8, 4) is 0 Å². The van der Waals surface area contributed by atoms with Crippen molar-refractivity contribution in [2.75, 3.05) is 7.11 Å². The molecule has 0 bridgehead atoms. The third-order valence-electron chi connectivity index (χ3n) is 3.20. The van der Waals surface area contributed by atoms with Crippen LogP contribution < -0.4 is 5.73 Å². The maximum absolute atomic E-state index is 5.87. The molecule has 0 aromatic rings. The Morgan fingerprint density at radius 2 is 1.56 bits per heavy atom. The van der Waals surface area contributed by atoms with E-state index in [9.17, 15) is 0 Å². The molecule has 16 heavy (non-hydrogen) atoms. The summed E-state index contributed by atoms with van der Waals surface area (Å²) >= 11 is 0. The third-order valence-corrected chi connectivity index (χ3v) is 4.39. The highest BCUT2D eigenvalue weighted by molar-refractivity contribution is 6.26. The van der Waals surface area contributed by atoms with Crippen LogP contribution in [0.3, 0.4) is 0 Å². The van der Waals surface area contributed by atoms with Gasteiger partial charge in [-0.15, -0.1) is 0 Å². The molecule has 0 saturated carbocycles. The van der Waals surface area contributed by atoms with Crippen molar-refractivity contribution in [3.05, 3.63) is 0 Å². The van der Waals surface area contributed by atoms with Crippen molar-refractivity contribution in [3.63, 3.8) is 0 Å². The lowest BCUT2D eigenvalue weighted by Crippen LogP contribution is -2.17. The fourth-order valence-corrected chi connectivity index (χ4v) is 2.76. The number of hydrogen-bond acceptors (Lipinski definition) is 2. The molecule has 0 aromatic heterocycles. The fourth-order valence-electron chi connectivity index (χ4n) is 1.92. The number of hydrogen-bond donors (Lipinski definition) is 1. The summed E-state index contributed by atoms with van der Waals surface area (Å²) in [6.07, 6.45) is 12.1. The Bertz CT molecular complexity index is 133. The first-order valence-corrected chi connectivity index (χ1v) is 8.63. The van der Waals surface area contributed by atoms with Crippen LogP contribution in [-0.2, 0) is 4.43 Å². The fraction of sp³-hybridized carbons (Fsp3) is 1.00. The molecular weight excluding hydrogens is 214 g/mol. The SMILES string of the molecule is CCC(N)CCCCCCCCC[SiH2]OC. The van der Waals surface area contributed by atoms with Crippen LogP contribution in [0.4, 0.5) is 0 Å². The van der Waals surface area contributed by atoms with E-state index in [-0.39, 0.29) is 9.76 Å². The molecule has 0 aliphatic rings. The summed E-state index contributed by atoms with van der Waals surface area (Å²) in [6.45, 7) is 2.17. The molecule has 1 atom stereocenters. The second-order valence-electron chi connectivity index (χ2n) is 4.78. The van der Waals surface area contributed by atoms with E-state index in [2.05, 4.69) is 6.92 Å². The molecule has 0 aliphatic heterocycles. The summed E-state index contributed by atoms with van der Waals surface area (Å²) in [7, 11) is 1.69. The molecule has 0 aliphatic carbocycles. The van der Waals surface area contributed by atoms with Gasteiger partial charge in [-0.05, 0) is 18.9 Å². The largest absolute Gasteiger partial charge is 0.427 e. The minimum absolute atomic E-state index is 0.152. The maximum atomic E-state index is 5.87. The van der Waals surface area contributed by atoms with Gasteiger partial charge in [0.15, 0.2) is 9.76 Å². The zero-order valence-electron chi connectivity index (χ0n) is 11.3. The molecule has 0 radical (unpaired) electrons. The van der Waals surface area contributed by atoms with Crippen LogP contribution in [0.25, 0.3) is 0 Å². The monoisotopic (exact) mass is 245 g/mol. The molecule has 0 saturated heterocycles. The van der Waals surface area contributed by atoms with Crippen LogP contribution in [-0.4, -0.2) is 22.9 Å². The average Bonchev–Trinajstić information content (AvgIpc) is 2.31. The number of unbranched alkanes of at least 4 members (excludes halogenated alkanes) is 6. The quantitative estimate of drug-likeness (QED) is 0.424. The predicted molar refractivity (Wildman–Crippen MR) is 75.6 cm³/mol. The van der Waals surface area contributed by atoms with Crippen LogP contribution in [0, 0.1) is 0 Å². The molecular formula is C13H31NOSi. The van der Waals surface area contributed by atoms with E-state index < -0.39 is 0 Å². The van der Waals surface area contributed by atoms with Gasteiger partial charge >= 0.3 is 0 Å². The van der Waals surface area contributed by atoms with E-state index in [1.807, 2.05) is 7.11 Å². The van der Waals surface area contributed by atoms with Crippen LogP contribution in [0.1, 0.15) is 64.7 Å². The van der Waals surface area contributed by atoms with Gasteiger partial charge in [0.2, 0.25) is 0 Å². The van der Waals surface area contributed by atoms with Gasteiger partial charge in [0, 0.05) is 13.2 Å². The summed E-state index contributed by atoms with van der Waals surface area (Å²) in [5.74, 6) is 0. The van der Waals surface area contributed by atoms with Gasteiger partial charge in [-0.3, -0.25) is 0 Å². The van der Waals surface area contributed by atoms with Crippen molar-refractivity contribution in [2.45, 2.75) is 76.8 Å². The van der Waals surface area contributed by atoms with Gasteiger partial charge < -0.3 is 10.2 Å². The van der Waals surface area contributed by atoms with Crippen LogP contribution in [0.15, 0.2) is 0 Å². The van der Waals surface area contributed by atoms with E-state index in [0.717, 1.165) is 6.42 Å². The van der Waals surface area contributed by atoms with Crippen molar-refractivity contribution < 1.29 is 4.43 Å². The van der Waals surface area contributed by atoms with Gasteiger partial charge in [0.1, 0.15) is 0 Å². The normalized spacial score (nSPS) is 13.7. The Kier molecular flexibility index (Phi) is 13.3. The predicted octanol–water partition coefficient (Wildman–Crippen LogP) is 2.99. The molecule has 0 rings (SSSR count). The first kappa shape index (κ1) is 16.1. The van der Waals surface area contributed by atoms with Gasteiger partial charge in [-0.25, -0.2) is 0 Å². The van der Waals surface area contributed by atoms with Crippen molar-refractivity contribution in [1.82, 2.24) is 0 Å². The van der Waals surface area contributed by atoms with Crippen LogP contribution in [0.5, 0.6) is 0 Å². The topological polar surface area (TPSA) is 35.2 Å². The Labute approximate surface area is 104 Å². The summed E-state index contributed by atoms with van der Waals surface area (Å²) in [6, 6.07) is 1.81. The highest BCUT2D eigenvalue weighted by Gasteiger charge is 1.98. The number of nitrogens with two attached hydrogens (primary N) is 1. The van der Waals surface area contributed by atoms with Gasteiger partial charge in [-0.2, -0.15) is 0 Å². The van der Waals surface area contributed by atoms with Crippen LogP contribution in [0.2, 0.25) is 6.04 Å². The molecule has 98 valence electrons. The zero-order valence-corrected chi connectivity index (χ0v) is 12.8. The smallest absolute Gasteiger partial charge is 0.161 e. The molecule has 0 spiro atoms. The molecule has 2 N–H and O–H groups in total. The van der Waals surface area contributed by atoms with Crippen molar-refractivity contribution in [1.29, 1.82) is 0 Å². The van der Waals surface area contributed by atoms with E-state index >= 15 is 0 Å². The minimum Gasteiger partial charge on any atom is -0.427 e. The molecule has 2 nitrogen and oxygen atoms in total. The average molecular weight is 245 g/mol. The third kappa shape index (κ3) is 12.2. The maximum Gasteiger partial charge on any atom is 0.161 e. The first-order valence-electron chi connectivity index (χ1n) is 7.05. The Hall–Kier alpha value is 0.137. The van der Waals surface area contributed by atoms with Crippen molar-refractivity contribution >= 4 is 9.76 Å². The summed E-state index contributed by atoms with van der Waals surface area (Å²) < 4.78 is 5.16. The van der Waals surface area contributed by atoms with Gasteiger partial charge in [0.05, 0.1) is 0 Å². The lowest BCUT2D eigenvalue weighted by molar-refractivity contribution is 0.438. The van der Waals surface area contributed by atoms with Crippen molar-refractivity contribution in [2.24, 2.45) is 5.73 Å². The summed E-state index contributed by atoms with van der Waals surface area (Å²) in [5, 5.41) is 0. The highest BCUT2D eigenvalue weighted by Crippen LogP contribution is 2.10. The molecule has 0 heterocycles. The molecule has 0 aromatic carbocycles. The second-order valence-corrected chi connectivity index (χ2v) is 6.47. The zero-order chi connectivity index (χ0) is 12.1. The lowest BCUT2D eigenvalue weighted by atomic mass is 10.0. The Morgan fingerprint density at radius 1 is 1.00 bits per heavy atom. The standard InChI is InChI=1S/C13H31NOSi/c1-3-13(14)11-9-7-5-4-6-8-10-12-16-15-2/h13H,3-12,14,16H2,1-2H3. The Balaban J connectivity index is 2.93. The van der Waals surface area contributed by atoms with E-state index in [0.29, 0.717) is 6.04 Å². The van der Waals surface area contributed by atoms with E-state index in [1.165, 1.54) is 57.4 Å². The van der Waals surface area contributed by atoms with Crippen LogP contribution >= 0.6 is 0 Å². The van der Waals surface area contributed by atoms with E-state index in [4.69, 9.17) is 10.2 Å². The molecule has 0 fully saturated rings. The molecule has 0 amide bonds. The highest BCUT2D eigenvalue weighted by atomic mass is 28.2. The minimum atomic E-state index is -0.152. The lowest BCUT2D eigenvalue weighted by Gasteiger charge is -2.07. The Morgan fingerprint density at radius 3 is 2.12 bits per heavy atom.